The Hall–Kier alpha value is -4.49. The van der Waals surface area contributed by atoms with Crippen molar-refractivity contribution in [1.82, 2.24) is 19.3 Å². The fourth-order valence-corrected chi connectivity index (χ4v) is 5.84. The van der Waals surface area contributed by atoms with Crippen LogP contribution in [-0.2, 0) is 23.1 Å². The number of hydrogen-bond acceptors (Lipinski definition) is 6. The molecule has 0 saturated carbocycles. The van der Waals surface area contributed by atoms with Gasteiger partial charge in [0.25, 0.3) is 0 Å². The van der Waals surface area contributed by atoms with Crippen molar-refractivity contribution in [2.45, 2.75) is 18.0 Å². The molecule has 0 fully saturated rings. The van der Waals surface area contributed by atoms with E-state index in [4.69, 9.17) is 0 Å². The van der Waals surface area contributed by atoms with Crippen molar-refractivity contribution in [3.05, 3.63) is 114 Å². The summed E-state index contributed by atoms with van der Waals surface area (Å²) in [6, 6.07) is 16.7. The molecule has 13 heteroatoms. The largest absolute Gasteiger partial charge is 0.373 e. The summed E-state index contributed by atoms with van der Waals surface area (Å²) in [5.74, 6) is -11.5. The van der Waals surface area contributed by atoms with Gasteiger partial charge in [0.1, 0.15) is 12.1 Å². The molecule has 0 aliphatic rings. The van der Waals surface area contributed by atoms with E-state index in [9.17, 15) is 30.4 Å². The van der Waals surface area contributed by atoms with Gasteiger partial charge in [-0.15, -0.1) is 0 Å². The molecule has 0 unspecified atom stereocenters. The molecule has 7 nitrogen and oxygen atoms in total. The number of sulfonamides is 1. The molecule has 0 bridgehead atoms. The molecule has 0 amide bonds. The third-order valence-electron chi connectivity index (χ3n) is 6.32. The van der Waals surface area contributed by atoms with Gasteiger partial charge in [0.2, 0.25) is 15.8 Å². The van der Waals surface area contributed by atoms with E-state index in [2.05, 4.69) is 20.3 Å². The monoisotopic (exact) mass is 585 g/mol. The Morgan fingerprint density at radius 1 is 0.756 bits per heavy atom. The minimum atomic E-state index is -5.26. The number of anilines is 1. The van der Waals surface area contributed by atoms with E-state index in [1.807, 2.05) is 12.1 Å². The first kappa shape index (κ1) is 28.1. The standard InChI is InChI=1S/C28H20F5N5O2S/c1-34-28-20-12-18(8-9-21(20)36-15-37-28)17-6-4-5-16(11-17)13-38(14-19-7-2-3-10-35-19)41(39,40)27-25(32)23(30)22(29)24(31)26(27)33/h2-12,15H,13-14H2,1H3,(H,34,36,37). The van der Waals surface area contributed by atoms with Crippen LogP contribution >= 0.6 is 0 Å². The third-order valence-corrected chi connectivity index (χ3v) is 8.14. The van der Waals surface area contributed by atoms with Gasteiger partial charge in [-0.05, 0) is 47.0 Å². The number of nitrogens with one attached hydrogen (secondary N) is 1. The molecule has 41 heavy (non-hydrogen) atoms. The van der Waals surface area contributed by atoms with Crippen molar-refractivity contribution in [1.29, 1.82) is 0 Å². The van der Waals surface area contributed by atoms with Crippen molar-refractivity contribution < 1.29 is 30.4 Å². The van der Waals surface area contributed by atoms with Crippen LogP contribution in [0.15, 0.2) is 78.1 Å². The molecular formula is C28H20F5N5O2S. The highest BCUT2D eigenvalue weighted by molar-refractivity contribution is 7.89. The van der Waals surface area contributed by atoms with Crippen LogP contribution in [0, 0.1) is 29.1 Å². The number of halogens is 5. The van der Waals surface area contributed by atoms with Gasteiger partial charge in [-0.25, -0.2) is 40.3 Å². The predicted octanol–water partition coefficient (Wildman–Crippen LogP) is 5.82. The highest BCUT2D eigenvalue weighted by Crippen LogP contribution is 2.32. The van der Waals surface area contributed by atoms with E-state index in [1.54, 1.807) is 49.5 Å². The van der Waals surface area contributed by atoms with Gasteiger partial charge in [0.05, 0.1) is 17.8 Å². The van der Waals surface area contributed by atoms with Crippen molar-refractivity contribution in [3.8, 4) is 11.1 Å². The number of pyridine rings is 1. The lowest BCUT2D eigenvalue weighted by atomic mass is 10.0. The summed E-state index contributed by atoms with van der Waals surface area (Å²) in [4.78, 5) is 10.6. The number of fused-ring (bicyclic) bond motifs is 1. The first-order valence-electron chi connectivity index (χ1n) is 12.0. The number of aromatic nitrogens is 3. The zero-order valence-electron chi connectivity index (χ0n) is 21.2. The summed E-state index contributed by atoms with van der Waals surface area (Å²) < 4.78 is 98.6. The van der Waals surface area contributed by atoms with E-state index in [0.717, 1.165) is 10.9 Å². The molecule has 5 aromatic rings. The predicted molar refractivity (Wildman–Crippen MR) is 141 cm³/mol. The summed E-state index contributed by atoms with van der Waals surface area (Å²) in [5, 5.41) is 3.73. The summed E-state index contributed by atoms with van der Waals surface area (Å²) in [6.07, 6.45) is 2.80. The topological polar surface area (TPSA) is 88.1 Å². The number of benzene rings is 3. The van der Waals surface area contributed by atoms with E-state index >= 15 is 0 Å². The molecule has 0 aliphatic carbocycles. The maximum atomic E-state index is 14.7. The molecule has 5 rings (SSSR count). The van der Waals surface area contributed by atoms with Gasteiger partial charge in [-0.3, -0.25) is 4.98 Å². The van der Waals surface area contributed by atoms with E-state index in [1.165, 1.54) is 18.6 Å². The second kappa shape index (κ2) is 11.2. The summed E-state index contributed by atoms with van der Waals surface area (Å²) >= 11 is 0. The maximum Gasteiger partial charge on any atom is 0.249 e. The quantitative estimate of drug-likeness (QED) is 0.140. The molecule has 0 spiro atoms. The Bertz CT molecular complexity index is 1840. The van der Waals surface area contributed by atoms with Crippen molar-refractivity contribution in [2.24, 2.45) is 0 Å². The van der Waals surface area contributed by atoms with E-state index in [-0.39, 0.29) is 5.69 Å². The Morgan fingerprint density at radius 2 is 1.46 bits per heavy atom. The van der Waals surface area contributed by atoms with Gasteiger partial charge in [0.15, 0.2) is 28.2 Å². The van der Waals surface area contributed by atoms with Gasteiger partial charge in [-0.2, -0.15) is 4.31 Å². The van der Waals surface area contributed by atoms with Gasteiger partial charge in [0, 0.05) is 25.2 Å². The molecule has 2 heterocycles. The number of hydrogen-bond donors (Lipinski definition) is 1. The Morgan fingerprint density at radius 3 is 2.15 bits per heavy atom. The molecule has 0 radical (unpaired) electrons. The lowest BCUT2D eigenvalue weighted by molar-refractivity contribution is 0.345. The van der Waals surface area contributed by atoms with Gasteiger partial charge in [-0.1, -0.05) is 30.3 Å². The fraction of sp³-hybridized carbons (Fsp3) is 0.107. The molecule has 1 N–H and O–H groups in total. The summed E-state index contributed by atoms with van der Waals surface area (Å²) in [5.41, 5.74) is 2.67. The number of nitrogens with zero attached hydrogens (tertiary/aromatic N) is 4. The van der Waals surface area contributed by atoms with Crippen molar-refractivity contribution in [2.75, 3.05) is 12.4 Å². The Balaban J connectivity index is 1.58. The lowest BCUT2D eigenvalue weighted by Crippen LogP contribution is -2.32. The van der Waals surface area contributed by atoms with Gasteiger partial charge < -0.3 is 5.32 Å². The van der Waals surface area contributed by atoms with Crippen LogP contribution in [-0.4, -0.2) is 34.7 Å². The van der Waals surface area contributed by atoms with Crippen LogP contribution in [0.25, 0.3) is 22.0 Å². The normalized spacial score (nSPS) is 11.8. The minimum absolute atomic E-state index is 0.185. The summed E-state index contributed by atoms with van der Waals surface area (Å²) in [7, 11) is -3.55. The second-order valence-corrected chi connectivity index (χ2v) is 10.8. The average molecular weight is 586 g/mol. The lowest BCUT2D eigenvalue weighted by Gasteiger charge is -2.23. The average Bonchev–Trinajstić information content (AvgIpc) is 2.98. The molecule has 210 valence electrons. The molecule has 2 aromatic heterocycles. The highest BCUT2D eigenvalue weighted by atomic mass is 32.2. The van der Waals surface area contributed by atoms with Crippen LogP contribution in [0.5, 0.6) is 0 Å². The Kier molecular flexibility index (Phi) is 7.65. The zero-order chi connectivity index (χ0) is 29.3. The van der Waals surface area contributed by atoms with Crippen LogP contribution in [0.3, 0.4) is 0 Å². The first-order valence-corrected chi connectivity index (χ1v) is 13.5. The highest BCUT2D eigenvalue weighted by Gasteiger charge is 2.37. The molecule has 0 saturated heterocycles. The molecule has 0 aliphatic heterocycles. The molecular weight excluding hydrogens is 565 g/mol. The smallest absolute Gasteiger partial charge is 0.249 e. The first-order chi connectivity index (χ1) is 19.6. The summed E-state index contributed by atoms with van der Waals surface area (Å²) in [6.45, 7) is -0.976. The molecule has 0 atom stereocenters. The van der Waals surface area contributed by atoms with Crippen LogP contribution < -0.4 is 5.32 Å². The third kappa shape index (κ3) is 5.33. The van der Waals surface area contributed by atoms with Crippen molar-refractivity contribution >= 4 is 26.7 Å². The zero-order valence-corrected chi connectivity index (χ0v) is 22.1. The van der Waals surface area contributed by atoms with Crippen LogP contribution in [0.1, 0.15) is 11.3 Å². The Labute approximate surface area is 231 Å². The number of rotatable bonds is 8. The second-order valence-electron chi connectivity index (χ2n) is 8.90. The van der Waals surface area contributed by atoms with E-state index in [0.29, 0.717) is 26.8 Å². The molecule has 3 aromatic carbocycles. The SMILES string of the molecule is CNc1ncnc2ccc(-c3cccc(CN(Cc4ccccn4)S(=O)(=O)c4c(F)c(F)c(F)c(F)c4F)c3)cc12. The van der Waals surface area contributed by atoms with Crippen LogP contribution in [0.2, 0.25) is 0 Å². The van der Waals surface area contributed by atoms with E-state index < -0.39 is 57.1 Å². The van der Waals surface area contributed by atoms with Crippen LogP contribution in [0.4, 0.5) is 27.8 Å². The minimum Gasteiger partial charge on any atom is -0.373 e. The fourth-order valence-electron chi connectivity index (χ4n) is 4.33. The van der Waals surface area contributed by atoms with Crippen molar-refractivity contribution in [3.63, 3.8) is 0 Å². The maximum absolute atomic E-state index is 14.7. The van der Waals surface area contributed by atoms with Gasteiger partial charge >= 0.3 is 0 Å².